The van der Waals surface area contributed by atoms with Gasteiger partial charge in [-0.25, -0.2) is 4.98 Å². The van der Waals surface area contributed by atoms with Crippen molar-refractivity contribution in [1.82, 2.24) is 4.98 Å². The third kappa shape index (κ3) is 3.69. The molecule has 3 aromatic rings. The maximum Gasteiger partial charge on any atom is 0.265 e. The molecule has 2 heterocycles. The Labute approximate surface area is 147 Å². The van der Waals surface area contributed by atoms with E-state index in [9.17, 15) is 9.59 Å². The molecule has 0 aliphatic heterocycles. The Hall–Kier alpha value is -2.51. The Bertz CT molecular complexity index is 848. The van der Waals surface area contributed by atoms with Crippen LogP contribution in [0.15, 0.2) is 41.8 Å². The van der Waals surface area contributed by atoms with Crippen LogP contribution in [0.1, 0.15) is 30.6 Å². The molecule has 3 rings (SSSR count). The van der Waals surface area contributed by atoms with E-state index < -0.39 is 0 Å². The van der Waals surface area contributed by atoms with Crippen LogP contribution in [0.5, 0.6) is 0 Å². The maximum absolute atomic E-state index is 12.2. The third-order valence-electron chi connectivity index (χ3n) is 3.40. The van der Waals surface area contributed by atoms with Gasteiger partial charge in [0.15, 0.2) is 5.13 Å². The van der Waals surface area contributed by atoms with E-state index in [-0.39, 0.29) is 11.8 Å². The van der Waals surface area contributed by atoms with Crippen molar-refractivity contribution in [1.29, 1.82) is 0 Å². The van der Waals surface area contributed by atoms with E-state index in [1.807, 2.05) is 25.3 Å². The number of aromatic nitrogens is 1. The number of hydrogen-bond acceptors (Lipinski definition) is 5. The lowest BCUT2D eigenvalue weighted by atomic mass is 10.2. The number of carbonyl (C=O) groups is 2. The lowest BCUT2D eigenvalue weighted by Crippen LogP contribution is -2.13. The van der Waals surface area contributed by atoms with Crippen molar-refractivity contribution in [3.8, 4) is 0 Å². The second-order valence-corrected chi connectivity index (χ2v) is 7.27. The first-order valence-electron chi connectivity index (χ1n) is 7.23. The predicted octanol–water partition coefficient (Wildman–Crippen LogP) is 4.33. The van der Waals surface area contributed by atoms with Crippen LogP contribution in [0, 0.1) is 13.8 Å². The van der Waals surface area contributed by atoms with E-state index in [0.29, 0.717) is 21.3 Å². The number of anilines is 2. The highest BCUT2D eigenvalue weighted by atomic mass is 32.1. The number of thiazole rings is 1. The van der Waals surface area contributed by atoms with Crippen LogP contribution in [0.25, 0.3) is 0 Å². The second-order valence-electron chi connectivity index (χ2n) is 5.12. The van der Waals surface area contributed by atoms with Crippen LogP contribution in [0.3, 0.4) is 0 Å². The molecule has 0 bridgehead atoms. The van der Waals surface area contributed by atoms with E-state index in [2.05, 4.69) is 15.6 Å². The first-order chi connectivity index (χ1) is 11.5. The number of amides is 2. The van der Waals surface area contributed by atoms with Crippen LogP contribution >= 0.6 is 22.7 Å². The Morgan fingerprint density at radius 2 is 1.75 bits per heavy atom. The van der Waals surface area contributed by atoms with Crippen LogP contribution in [0.2, 0.25) is 0 Å². The fraction of sp³-hybridized carbons (Fsp3) is 0.118. The fourth-order valence-electron chi connectivity index (χ4n) is 2.00. The summed E-state index contributed by atoms with van der Waals surface area (Å²) in [6.07, 6.45) is 0. The summed E-state index contributed by atoms with van der Waals surface area (Å²) in [7, 11) is 0. The molecule has 0 radical (unpaired) electrons. The number of aryl methyl sites for hydroxylation is 2. The molecule has 0 aliphatic rings. The van der Waals surface area contributed by atoms with Crippen molar-refractivity contribution < 1.29 is 9.59 Å². The fourth-order valence-corrected chi connectivity index (χ4v) is 3.43. The van der Waals surface area contributed by atoms with Crippen LogP contribution in [-0.2, 0) is 0 Å². The Morgan fingerprint density at radius 3 is 2.33 bits per heavy atom. The molecule has 2 aromatic heterocycles. The van der Waals surface area contributed by atoms with Crippen molar-refractivity contribution in [3.05, 3.63) is 62.8 Å². The number of nitrogens with zero attached hydrogens (tertiary/aromatic N) is 1. The minimum atomic E-state index is -0.222. The SMILES string of the molecule is Cc1nc(NC(=O)c2ccc(NC(=O)c3cccs3)cc2)sc1C. The normalized spacial score (nSPS) is 10.4. The molecular formula is C17H15N3O2S2. The summed E-state index contributed by atoms with van der Waals surface area (Å²) in [5.74, 6) is -0.379. The smallest absolute Gasteiger partial charge is 0.265 e. The number of carbonyl (C=O) groups excluding carboxylic acids is 2. The number of benzene rings is 1. The molecule has 7 heteroatoms. The summed E-state index contributed by atoms with van der Waals surface area (Å²) < 4.78 is 0. The van der Waals surface area contributed by atoms with Crippen molar-refractivity contribution in [3.63, 3.8) is 0 Å². The number of hydrogen-bond donors (Lipinski definition) is 2. The average molecular weight is 357 g/mol. The molecule has 2 N–H and O–H groups in total. The molecule has 0 unspecified atom stereocenters. The van der Waals surface area contributed by atoms with E-state index in [4.69, 9.17) is 0 Å². The van der Waals surface area contributed by atoms with E-state index in [0.717, 1.165) is 10.6 Å². The van der Waals surface area contributed by atoms with E-state index >= 15 is 0 Å². The lowest BCUT2D eigenvalue weighted by Gasteiger charge is -2.05. The summed E-state index contributed by atoms with van der Waals surface area (Å²) in [4.78, 5) is 30.2. The van der Waals surface area contributed by atoms with Crippen molar-refractivity contribution in [2.75, 3.05) is 10.6 Å². The van der Waals surface area contributed by atoms with Crippen LogP contribution in [-0.4, -0.2) is 16.8 Å². The quantitative estimate of drug-likeness (QED) is 0.730. The van der Waals surface area contributed by atoms with Gasteiger partial charge < -0.3 is 5.32 Å². The Balaban J connectivity index is 1.65. The molecule has 2 amide bonds. The van der Waals surface area contributed by atoms with Gasteiger partial charge in [-0.1, -0.05) is 6.07 Å². The summed E-state index contributed by atoms with van der Waals surface area (Å²) in [6, 6.07) is 10.4. The molecule has 0 saturated heterocycles. The lowest BCUT2D eigenvalue weighted by molar-refractivity contribution is 0.102. The Morgan fingerprint density at radius 1 is 1.00 bits per heavy atom. The van der Waals surface area contributed by atoms with E-state index in [1.54, 1.807) is 30.3 Å². The van der Waals surface area contributed by atoms with Gasteiger partial charge in [0.1, 0.15) is 0 Å². The van der Waals surface area contributed by atoms with E-state index in [1.165, 1.54) is 22.7 Å². The van der Waals surface area contributed by atoms with Gasteiger partial charge in [-0.15, -0.1) is 22.7 Å². The van der Waals surface area contributed by atoms with Gasteiger partial charge in [0.05, 0.1) is 10.6 Å². The van der Waals surface area contributed by atoms with Gasteiger partial charge in [0.25, 0.3) is 11.8 Å². The molecule has 0 fully saturated rings. The summed E-state index contributed by atoms with van der Waals surface area (Å²) in [6.45, 7) is 3.88. The highest BCUT2D eigenvalue weighted by Gasteiger charge is 2.11. The van der Waals surface area contributed by atoms with Crippen molar-refractivity contribution >= 4 is 45.3 Å². The topological polar surface area (TPSA) is 71.1 Å². The summed E-state index contributed by atoms with van der Waals surface area (Å²) >= 11 is 2.83. The van der Waals surface area contributed by atoms with Crippen molar-refractivity contribution in [2.24, 2.45) is 0 Å². The van der Waals surface area contributed by atoms with Gasteiger partial charge in [-0.3, -0.25) is 14.9 Å². The van der Waals surface area contributed by atoms with Gasteiger partial charge in [-0.2, -0.15) is 0 Å². The molecule has 0 aliphatic carbocycles. The maximum atomic E-state index is 12.2. The largest absolute Gasteiger partial charge is 0.321 e. The molecule has 0 spiro atoms. The second kappa shape index (κ2) is 6.94. The monoisotopic (exact) mass is 357 g/mol. The molecule has 5 nitrogen and oxygen atoms in total. The standard InChI is InChI=1S/C17H15N3O2S2/c1-10-11(2)24-17(18-10)20-15(21)12-5-7-13(8-6-12)19-16(22)14-4-3-9-23-14/h3-9H,1-2H3,(H,19,22)(H,18,20,21). The first kappa shape index (κ1) is 16.4. The zero-order valence-electron chi connectivity index (χ0n) is 13.1. The number of rotatable bonds is 4. The van der Waals surface area contributed by atoms with Crippen molar-refractivity contribution in [2.45, 2.75) is 13.8 Å². The molecule has 1 aromatic carbocycles. The molecular weight excluding hydrogens is 342 g/mol. The highest BCUT2D eigenvalue weighted by molar-refractivity contribution is 7.15. The number of thiophene rings is 1. The first-order valence-corrected chi connectivity index (χ1v) is 8.93. The highest BCUT2D eigenvalue weighted by Crippen LogP contribution is 2.22. The average Bonchev–Trinajstić information content (AvgIpc) is 3.19. The minimum Gasteiger partial charge on any atom is -0.321 e. The van der Waals surface area contributed by atoms with Gasteiger partial charge in [-0.05, 0) is 49.6 Å². The predicted molar refractivity (Wildman–Crippen MR) is 98.3 cm³/mol. The van der Waals surface area contributed by atoms with Gasteiger partial charge in [0.2, 0.25) is 0 Å². The number of nitrogens with one attached hydrogen (secondary N) is 2. The molecule has 122 valence electrons. The van der Waals surface area contributed by atoms with Crippen LogP contribution in [0.4, 0.5) is 10.8 Å². The van der Waals surface area contributed by atoms with Gasteiger partial charge >= 0.3 is 0 Å². The summed E-state index contributed by atoms with van der Waals surface area (Å²) in [5.41, 5.74) is 2.07. The molecule has 0 saturated carbocycles. The van der Waals surface area contributed by atoms with Crippen LogP contribution < -0.4 is 10.6 Å². The molecule has 24 heavy (non-hydrogen) atoms. The third-order valence-corrected chi connectivity index (χ3v) is 5.26. The molecule has 0 atom stereocenters. The Kier molecular flexibility index (Phi) is 4.73. The zero-order valence-corrected chi connectivity index (χ0v) is 14.8. The minimum absolute atomic E-state index is 0.157. The zero-order chi connectivity index (χ0) is 17.1. The van der Waals surface area contributed by atoms with Gasteiger partial charge in [0, 0.05) is 16.1 Å². The summed E-state index contributed by atoms with van der Waals surface area (Å²) in [5, 5.41) is 8.03.